The van der Waals surface area contributed by atoms with Crippen LogP contribution in [0, 0.1) is 0 Å². The van der Waals surface area contributed by atoms with Crippen molar-refractivity contribution < 1.29 is 19.1 Å². The van der Waals surface area contributed by atoms with E-state index in [4.69, 9.17) is 25.6 Å². The Kier molecular flexibility index (Phi) is 3.37. The second kappa shape index (κ2) is 5.16. The Morgan fingerprint density at radius 1 is 1.32 bits per heavy atom. The van der Waals surface area contributed by atoms with Gasteiger partial charge in [0, 0.05) is 5.02 Å². The Hall–Kier alpha value is -1.63. The molecule has 0 aliphatic carbocycles. The third-order valence-electron chi connectivity index (χ3n) is 2.73. The van der Waals surface area contributed by atoms with Crippen LogP contribution in [0.4, 0.5) is 0 Å². The van der Waals surface area contributed by atoms with Crippen molar-refractivity contribution in [2.45, 2.75) is 6.10 Å². The monoisotopic (exact) mass is 282 g/mol. The van der Waals surface area contributed by atoms with Gasteiger partial charge < -0.3 is 19.1 Å². The van der Waals surface area contributed by atoms with E-state index < -0.39 is 0 Å². The Labute approximate surface area is 113 Å². The first kappa shape index (κ1) is 12.4. The van der Waals surface area contributed by atoms with Gasteiger partial charge in [-0.2, -0.15) is 4.98 Å². The van der Waals surface area contributed by atoms with Gasteiger partial charge in [-0.1, -0.05) is 16.8 Å². The summed E-state index contributed by atoms with van der Waals surface area (Å²) in [4.78, 5) is 4.20. The normalized spacial score (nSPS) is 19.5. The molecule has 100 valence electrons. The zero-order chi connectivity index (χ0) is 13.2. The van der Waals surface area contributed by atoms with Crippen LogP contribution in [0.5, 0.6) is 5.75 Å². The summed E-state index contributed by atoms with van der Waals surface area (Å²) in [6.07, 6.45) is -0.340. The molecule has 1 unspecified atom stereocenters. The topological polar surface area (TPSA) is 77.6 Å². The van der Waals surface area contributed by atoms with Gasteiger partial charge in [0.25, 0.3) is 5.89 Å². The highest BCUT2D eigenvalue weighted by Crippen LogP contribution is 2.31. The molecule has 2 aromatic rings. The van der Waals surface area contributed by atoms with Gasteiger partial charge in [0.15, 0.2) is 0 Å². The number of nitrogens with zero attached hydrogens (tertiary/aromatic N) is 2. The average Bonchev–Trinajstić information content (AvgIpc) is 2.92. The fourth-order valence-corrected chi connectivity index (χ4v) is 1.96. The van der Waals surface area contributed by atoms with Gasteiger partial charge in [0.2, 0.25) is 5.82 Å². The number of ether oxygens (including phenoxy) is 2. The number of phenolic OH excluding ortho intramolecular Hbond substituents is 1. The van der Waals surface area contributed by atoms with E-state index in [0.29, 0.717) is 36.2 Å². The highest BCUT2D eigenvalue weighted by Gasteiger charge is 2.23. The summed E-state index contributed by atoms with van der Waals surface area (Å²) in [5.41, 5.74) is 0.392. The lowest BCUT2D eigenvalue weighted by molar-refractivity contribution is -0.0941. The third-order valence-corrected chi connectivity index (χ3v) is 2.97. The molecule has 1 aromatic heterocycles. The first-order valence-corrected chi connectivity index (χ1v) is 6.13. The molecule has 2 heterocycles. The van der Waals surface area contributed by atoms with Gasteiger partial charge in [-0.15, -0.1) is 0 Å². The molecule has 3 rings (SSSR count). The van der Waals surface area contributed by atoms with Crippen LogP contribution in [0.1, 0.15) is 11.9 Å². The molecule has 1 fully saturated rings. The lowest BCUT2D eigenvalue weighted by Gasteiger charge is -2.19. The summed E-state index contributed by atoms with van der Waals surface area (Å²) >= 11 is 5.88. The number of benzene rings is 1. The van der Waals surface area contributed by atoms with E-state index in [1.165, 1.54) is 6.07 Å². The van der Waals surface area contributed by atoms with Crippen LogP contribution < -0.4 is 0 Å². The van der Waals surface area contributed by atoms with E-state index in [1.54, 1.807) is 12.1 Å². The average molecular weight is 283 g/mol. The van der Waals surface area contributed by atoms with Crippen molar-refractivity contribution in [1.82, 2.24) is 10.1 Å². The molecule has 1 N–H and O–H groups in total. The van der Waals surface area contributed by atoms with Crippen LogP contribution >= 0.6 is 11.6 Å². The molecule has 1 atom stereocenters. The molecule has 0 radical (unpaired) electrons. The standard InChI is InChI=1S/C12H11ClN2O4/c13-7-1-2-9(16)8(5-7)12-14-11(15-19-12)10-6-17-3-4-18-10/h1-2,5,10,16H,3-4,6H2. The lowest BCUT2D eigenvalue weighted by atomic mass is 10.2. The van der Waals surface area contributed by atoms with Gasteiger partial charge >= 0.3 is 0 Å². The molecule has 7 heteroatoms. The summed E-state index contributed by atoms with van der Waals surface area (Å²) in [7, 11) is 0. The van der Waals surface area contributed by atoms with Gasteiger partial charge in [-0.3, -0.25) is 0 Å². The molecular formula is C12H11ClN2O4. The summed E-state index contributed by atoms with van der Waals surface area (Å²) in [6, 6.07) is 4.62. The van der Waals surface area contributed by atoms with Crippen molar-refractivity contribution in [1.29, 1.82) is 0 Å². The van der Waals surface area contributed by atoms with Gasteiger partial charge in [0.05, 0.1) is 25.4 Å². The number of halogens is 1. The van der Waals surface area contributed by atoms with E-state index in [0.717, 1.165) is 0 Å². The minimum Gasteiger partial charge on any atom is -0.507 e. The minimum absolute atomic E-state index is 0.0282. The van der Waals surface area contributed by atoms with Gasteiger partial charge in [-0.25, -0.2) is 0 Å². The SMILES string of the molecule is Oc1ccc(Cl)cc1-c1nc(C2COCCO2)no1. The molecule has 0 saturated carbocycles. The van der Waals surface area contributed by atoms with Crippen LogP contribution in [0.25, 0.3) is 11.5 Å². The second-order valence-electron chi connectivity index (χ2n) is 4.05. The second-order valence-corrected chi connectivity index (χ2v) is 4.49. The lowest BCUT2D eigenvalue weighted by Crippen LogP contribution is -2.22. The quantitative estimate of drug-likeness (QED) is 0.910. The fourth-order valence-electron chi connectivity index (χ4n) is 1.79. The Morgan fingerprint density at radius 2 is 2.21 bits per heavy atom. The van der Waals surface area contributed by atoms with E-state index >= 15 is 0 Å². The van der Waals surface area contributed by atoms with Crippen LogP contribution in [-0.2, 0) is 9.47 Å². The van der Waals surface area contributed by atoms with Crippen molar-refractivity contribution in [3.05, 3.63) is 29.0 Å². The first-order valence-electron chi connectivity index (χ1n) is 5.76. The Balaban J connectivity index is 1.89. The van der Waals surface area contributed by atoms with Gasteiger partial charge in [-0.05, 0) is 18.2 Å². The van der Waals surface area contributed by atoms with Crippen molar-refractivity contribution in [2.24, 2.45) is 0 Å². The molecule has 1 saturated heterocycles. The zero-order valence-corrected chi connectivity index (χ0v) is 10.6. The van der Waals surface area contributed by atoms with E-state index in [2.05, 4.69) is 10.1 Å². The number of phenols is 1. The molecule has 6 nitrogen and oxygen atoms in total. The summed E-state index contributed by atoms with van der Waals surface area (Å²) in [5, 5.41) is 14.1. The summed E-state index contributed by atoms with van der Waals surface area (Å²) in [6.45, 7) is 1.45. The van der Waals surface area contributed by atoms with Crippen LogP contribution in [-0.4, -0.2) is 35.1 Å². The largest absolute Gasteiger partial charge is 0.507 e. The predicted octanol–water partition coefficient (Wildman–Crippen LogP) is 2.18. The zero-order valence-electron chi connectivity index (χ0n) is 9.88. The van der Waals surface area contributed by atoms with Gasteiger partial charge in [0.1, 0.15) is 11.9 Å². The first-order chi connectivity index (χ1) is 9.24. The molecule has 0 spiro atoms. The number of hydrogen-bond acceptors (Lipinski definition) is 6. The van der Waals surface area contributed by atoms with Crippen molar-refractivity contribution in [2.75, 3.05) is 19.8 Å². The molecule has 0 bridgehead atoms. The van der Waals surface area contributed by atoms with Crippen molar-refractivity contribution in [3.63, 3.8) is 0 Å². The summed E-state index contributed by atoms with van der Waals surface area (Å²) < 4.78 is 15.9. The number of aromatic hydroxyl groups is 1. The maximum absolute atomic E-state index is 9.77. The third kappa shape index (κ3) is 2.56. The fraction of sp³-hybridized carbons (Fsp3) is 0.333. The van der Waals surface area contributed by atoms with Crippen LogP contribution in [0.3, 0.4) is 0 Å². The highest BCUT2D eigenvalue weighted by molar-refractivity contribution is 6.30. The van der Waals surface area contributed by atoms with E-state index in [1.807, 2.05) is 0 Å². The molecule has 0 amide bonds. The minimum atomic E-state index is -0.340. The molecule has 19 heavy (non-hydrogen) atoms. The maximum Gasteiger partial charge on any atom is 0.261 e. The van der Waals surface area contributed by atoms with E-state index in [-0.39, 0.29) is 17.7 Å². The van der Waals surface area contributed by atoms with Crippen molar-refractivity contribution >= 4 is 11.6 Å². The maximum atomic E-state index is 9.77. The number of aromatic nitrogens is 2. The number of hydrogen-bond donors (Lipinski definition) is 1. The molecular weight excluding hydrogens is 272 g/mol. The number of rotatable bonds is 2. The molecule has 1 aromatic carbocycles. The summed E-state index contributed by atoms with van der Waals surface area (Å²) in [5.74, 6) is 0.624. The molecule has 1 aliphatic heterocycles. The van der Waals surface area contributed by atoms with Crippen molar-refractivity contribution in [3.8, 4) is 17.2 Å². The Morgan fingerprint density at radius 3 is 3.00 bits per heavy atom. The predicted molar refractivity (Wildman–Crippen MR) is 65.9 cm³/mol. The van der Waals surface area contributed by atoms with Crippen LogP contribution in [0.15, 0.2) is 22.7 Å². The van der Waals surface area contributed by atoms with E-state index in [9.17, 15) is 5.11 Å². The smallest absolute Gasteiger partial charge is 0.261 e. The highest BCUT2D eigenvalue weighted by atomic mass is 35.5. The Bertz CT molecular complexity index is 581. The molecule has 1 aliphatic rings. The van der Waals surface area contributed by atoms with Crippen LogP contribution in [0.2, 0.25) is 5.02 Å².